The van der Waals surface area contributed by atoms with E-state index in [-0.39, 0.29) is 6.04 Å². The second kappa shape index (κ2) is 5.38. The average Bonchev–Trinajstić information content (AvgIpc) is 2.62. The summed E-state index contributed by atoms with van der Waals surface area (Å²) in [5.41, 5.74) is 0.896. The van der Waals surface area contributed by atoms with E-state index in [2.05, 4.69) is 14.6 Å². The normalized spacial score (nSPS) is 22.2. The second-order valence-corrected chi connectivity index (χ2v) is 6.60. The maximum atomic E-state index is 11.2. The Kier molecular flexibility index (Phi) is 4.04. The number of nitrogens with one attached hydrogen (secondary N) is 1. The van der Waals surface area contributed by atoms with Crippen molar-refractivity contribution in [3.63, 3.8) is 0 Å². The maximum absolute atomic E-state index is 11.2. The molecule has 1 atom stereocenters. The van der Waals surface area contributed by atoms with E-state index in [0.29, 0.717) is 12.4 Å². The zero-order valence-corrected chi connectivity index (χ0v) is 11.5. The van der Waals surface area contributed by atoms with Crippen molar-refractivity contribution in [3.05, 3.63) is 17.8 Å². The first kappa shape index (κ1) is 13.5. The number of likely N-dealkylation sites (tertiary alicyclic amines) is 1. The number of hydrogen-bond acceptors (Lipinski definition) is 5. The fraction of sp³-hybridized carbons (Fsp3) is 0.727. The van der Waals surface area contributed by atoms with Crippen molar-refractivity contribution in [2.24, 2.45) is 0 Å². The van der Waals surface area contributed by atoms with Crippen molar-refractivity contribution >= 4 is 10.0 Å². The van der Waals surface area contributed by atoms with Gasteiger partial charge in [0.2, 0.25) is 10.0 Å². The van der Waals surface area contributed by atoms with Gasteiger partial charge in [-0.25, -0.2) is 18.1 Å². The summed E-state index contributed by atoms with van der Waals surface area (Å²) < 4.78 is 30.3. The Morgan fingerprint density at radius 2 is 2.39 bits per heavy atom. The minimum Gasteiger partial charge on any atom is -0.449 e. The Morgan fingerprint density at radius 1 is 1.61 bits per heavy atom. The van der Waals surface area contributed by atoms with Gasteiger partial charge in [-0.1, -0.05) is 0 Å². The first-order valence-corrected chi connectivity index (χ1v) is 7.92. The Labute approximate surface area is 107 Å². The van der Waals surface area contributed by atoms with Gasteiger partial charge >= 0.3 is 0 Å². The highest BCUT2D eigenvalue weighted by molar-refractivity contribution is 7.88. The predicted octanol–water partition coefficient (Wildman–Crippen LogP) is 0.497. The second-order valence-electron chi connectivity index (χ2n) is 4.82. The van der Waals surface area contributed by atoms with E-state index in [9.17, 15) is 8.42 Å². The maximum Gasteiger partial charge on any atom is 0.208 e. The first-order chi connectivity index (χ1) is 8.42. The molecule has 2 heterocycles. The van der Waals surface area contributed by atoms with Crippen LogP contribution in [0.2, 0.25) is 0 Å². The number of hydrogen-bond donors (Lipinski definition) is 1. The van der Waals surface area contributed by atoms with Crippen LogP contribution in [-0.2, 0) is 16.6 Å². The lowest BCUT2D eigenvalue weighted by Crippen LogP contribution is -2.47. The van der Waals surface area contributed by atoms with Crippen LogP contribution < -0.4 is 4.72 Å². The van der Waals surface area contributed by atoms with Crippen molar-refractivity contribution in [2.75, 3.05) is 19.3 Å². The van der Waals surface area contributed by atoms with Crippen molar-refractivity contribution in [3.8, 4) is 0 Å². The summed E-state index contributed by atoms with van der Waals surface area (Å²) in [5.74, 6) is 0.660. The third-order valence-electron chi connectivity index (χ3n) is 2.94. The van der Waals surface area contributed by atoms with Crippen LogP contribution in [0.1, 0.15) is 24.4 Å². The average molecular weight is 273 g/mol. The van der Waals surface area contributed by atoms with Gasteiger partial charge < -0.3 is 4.42 Å². The zero-order chi connectivity index (χ0) is 13.2. The van der Waals surface area contributed by atoms with E-state index in [0.717, 1.165) is 31.6 Å². The number of rotatable bonds is 4. The van der Waals surface area contributed by atoms with Crippen molar-refractivity contribution in [1.82, 2.24) is 14.6 Å². The molecule has 0 aromatic carbocycles. The molecule has 1 unspecified atom stereocenters. The summed E-state index contributed by atoms with van der Waals surface area (Å²) in [5, 5.41) is 0. The number of aromatic nitrogens is 1. The molecule has 18 heavy (non-hydrogen) atoms. The molecular formula is C11H19N3O3S. The van der Waals surface area contributed by atoms with Crippen LogP contribution in [0.5, 0.6) is 0 Å². The van der Waals surface area contributed by atoms with Crippen molar-refractivity contribution in [1.29, 1.82) is 0 Å². The molecule has 0 bridgehead atoms. The Balaban J connectivity index is 1.90. The highest BCUT2D eigenvalue weighted by Crippen LogP contribution is 2.14. The molecule has 1 saturated heterocycles. The lowest BCUT2D eigenvalue weighted by atomic mass is 10.1. The lowest BCUT2D eigenvalue weighted by Gasteiger charge is -2.32. The number of sulfonamides is 1. The topological polar surface area (TPSA) is 75.4 Å². The zero-order valence-electron chi connectivity index (χ0n) is 10.7. The summed E-state index contributed by atoms with van der Waals surface area (Å²) >= 11 is 0. The van der Waals surface area contributed by atoms with Gasteiger partial charge in [-0.3, -0.25) is 4.90 Å². The van der Waals surface area contributed by atoms with Crippen LogP contribution in [0, 0.1) is 6.92 Å². The summed E-state index contributed by atoms with van der Waals surface area (Å²) in [7, 11) is -3.13. The van der Waals surface area contributed by atoms with Gasteiger partial charge in [-0.15, -0.1) is 0 Å². The molecule has 102 valence electrons. The quantitative estimate of drug-likeness (QED) is 0.864. The number of oxazole rings is 1. The van der Waals surface area contributed by atoms with Crippen LogP contribution in [0.25, 0.3) is 0 Å². The monoisotopic (exact) mass is 273 g/mol. The number of piperidine rings is 1. The summed E-state index contributed by atoms with van der Waals surface area (Å²) in [6.07, 6.45) is 4.74. The first-order valence-electron chi connectivity index (χ1n) is 6.03. The molecule has 0 aliphatic carbocycles. The minimum atomic E-state index is -3.13. The van der Waals surface area contributed by atoms with E-state index < -0.39 is 10.0 Å². The van der Waals surface area contributed by atoms with Gasteiger partial charge in [0.05, 0.1) is 11.9 Å². The van der Waals surface area contributed by atoms with E-state index in [1.807, 2.05) is 6.92 Å². The Morgan fingerprint density at radius 3 is 3.00 bits per heavy atom. The third-order valence-corrected chi connectivity index (χ3v) is 3.70. The molecule has 2 rings (SSSR count). The van der Waals surface area contributed by atoms with Crippen LogP contribution in [-0.4, -0.2) is 43.7 Å². The van der Waals surface area contributed by atoms with Crippen LogP contribution in [0.3, 0.4) is 0 Å². The van der Waals surface area contributed by atoms with Crippen molar-refractivity contribution in [2.45, 2.75) is 32.4 Å². The minimum absolute atomic E-state index is 0.00162. The van der Waals surface area contributed by atoms with Gasteiger partial charge in [0.1, 0.15) is 6.26 Å². The van der Waals surface area contributed by atoms with Crippen LogP contribution in [0.15, 0.2) is 10.7 Å². The molecule has 7 heteroatoms. The fourth-order valence-corrected chi connectivity index (χ4v) is 3.11. The summed E-state index contributed by atoms with van der Waals surface area (Å²) in [6.45, 7) is 4.21. The number of nitrogens with zero attached hydrogens (tertiary/aromatic N) is 2. The highest BCUT2D eigenvalue weighted by atomic mass is 32.2. The predicted molar refractivity (Wildman–Crippen MR) is 67.5 cm³/mol. The molecule has 0 amide bonds. The molecule has 1 aliphatic heterocycles. The molecule has 1 aromatic heterocycles. The molecule has 6 nitrogen and oxygen atoms in total. The van der Waals surface area contributed by atoms with Crippen molar-refractivity contribution < 1.29 is 12.8 Å². The molecule has 1 N–H and O–H groups in total. The van der Waals surface area contributed by atoms with Gasteiger partial charge in [-0.2, -0.15) is 0 Å². The molecule has 1 aliphatic rings. The highest BCUT2D eigenvalue weighted by Gasteiger charge is 2.22. The molecule has 0 radical (unpaired) electrons. The smallest absolute Gasteiger partial charge is 0.208 e. The molecule has 1 aromatic rings. The third kappa shape index (κ3) is 4.08. The van der Waals surface area contributed by atoms with Crippen LogP contribution in [0.4, 0.5) is 0 Å². The van der Waals surface area contributed by atoms with Gasteiger partial charge in [0.25, 0.3) is 0 Å². The van der Waals surface area contributed by atoms with E-state index in [4.69, 9.17) is 4.42 Å². The molecule has 0 spiro atoms. The standard InChI is InChI=1S/C11H19N3O3S/c1-9-12-11(8-17-9)7-14-5-3-4-10(6-14)13-18(2,15)16/h8,10,13H,3-7H2,1-2H3. The molecular weight excluding hydrogens is 254 g/mol. The van der Waals surface area contributed by atoms with Gasteiger partial charge in [0.15, 0.2) is 5.89 Å². The van der Waals surface area contributed by atoms with Gasteiger partial charge in [0, 0.05) is 26.1 Å². The van der Waals surface area contributed by atoms with Gasteiger partial charge in [-0.05, 0) is 19.4 Å². The van der Waals surface area contributed by atoms with Crippen LogP contribution >= 0.6 is 0 Å². The Hall–Kier alpha value is -0.920. The number of aryl methyl sites for hydroxylation is 1. The Bertz CT molecular complexity index is 497. The summed E-state index contributed by atoms with van der Waals surface area (Å²) in [4.78, 5) is 6.46. The largest absolute Gasteiger partial charge is 0.449 e. The summed E-state index contributed by atoms with van der Waals surface area (Å²) in [6, 6.07) is 0.00162. The van der Waals surface area contributed by atoms with E-state index in [1.54, 1.807) is 6.26 Å². The van der Waals surface area contributed by atoms with E-state index >= 15 is 0 Å². The van der Waals surface area contributed by atoms with E-state index in [1.165, 1.54) is 6.26 Å². The lowest BCUT2D eigenvalue weighted by molar-refractivity contribution is 0.192. The fourth-order valence-electron chi connectivity index (χ4n) is 2.31. The molecule has 0 saturated carbocycles. The SMILES string of the molecule is Cc1nc(CN2CCCC(NS(C)(=O)=O)C2)co1. The molecule has 1 fully saturated rings.